The van der Waals surface area contributed by atoms with Crippen LogP contribution in [0.15, 0.2) is 40.7 Å². The van der Waals surface area contributed by atoms with E-state index in [2.05, 4.69) is 14.6 Å². The molecule has 1 aromatic heterocycles. The maximum atomic E-state index is 13.2. The molecule has 3 heterocycles. The van der Waals surface area contributed by atoms with Gasteiger partial charge in [-0.05, 0) is 42.5 Å². The number of thiazole rings is 1. The summed E-state index contributed by atoms with van der Waals surface area (Å²) in [7, 11) is -3.76. The highest BCUT2D eigenvalue weighted by atomic mass is 32.2. The largest absolute Gasteiger partial charge is 0.383 e. The molecule has 36 heavy (non-hydrogen) atoms. The Bertz CT molecular complexity index is 1170. The van der Waals surface area contributed by atoms with E-state index in [9.17, 15) is 23.1 Å². The molecule has 2 saturated heterocycles. The number of benzene rings is 1. The van der Waals surface area contributed by atoms with Gasteiger partial charge < -0.3 is 14.9 Å². The third-order valence-corrected chi connectivity index (χ3v) is 8.62. The Morgan fingerprint density at radius 1 is 1.17 bits per heavy atom. The third-order valence-electron chi connectivity index (χ3n) is 6.45. The standard InChI is InChI=1S/C24H33N5O5S2/c1-24(2,3)16-20(30)22(32)28-13-11-27(12-14-28)19-8-10-29(21(19)31)17-4-6-18(7-5-17)36(33,34)26-23-25-9-15-35-23/h4-7,9,15,19-20,30H,8,10-14,16H2,1-3H3,(H,25,26)/t19-,20?/m0/s1. The van der Waals surface area contributed by atoms with Crippen molar-refractivity contribution in [1.29, 1.82) is 0 Å². The number of hydrogen-bond acceptors (Lipinski definition) is 8. The molecule has 10 nitrogen and oxygen atoms in total. The summed E-state index contributed by atoms with van der Waals surface area (Å²) in [6, 6.07) is 5.98. The average Bonchev–Trinajstić information content (AvgIpc) is 3.47. The van der Waals surface area contributed by atoms with Crippen molar-refractivity contribution >= 4 is 44.0 Å². The molecule has 2 N–H and O–H groups in total. The summed E-state index contributed by atoms with van der Waals surface area (Å²) < 4.78 is 27.6. The van der Waals surface area contributed by atoms with Gasteiger partial charge in [0.1, 0.15) is 6.10 Å². The summed E-state index contributed by atoms with van der Waals surface area (Å²) in [6.45, 7) is 8.59. The number of sulfonamides is 1. The molecular weight excluding hydrogens is 502 g/mol. The van der Waals surface area contributed by atoms with Crippen LogP contribution in [0.3, 0.4) is 0 Å². The summed E-state index contributed by atoms with van der Waals surface area (Å²) in [4.78, 5) is 35.3. The summed E-state index contributed by atoms with van der Waals surface area (Å²) in [5, 5.41) is 12.3. The van der Waals surface area contributed by atoms with Crippen LogP contribution >= 0.6 is 11.3 Å². The van der Waals surface area contributed by atoms with Gasteiger partial charge in [-0.1, -0.05) is 20.8 Å². The van der Waals surface area contributed by atoms with Crippen molar-refractivity contribution in [2.45, 2.75) is 50.7 Å². The molecule has 4 rings (SSSR count). The molecule has 2 amide bonds. The Hall–Kier alpha value is -2.54. The van der Waals surface area contributed by atoms with E-state index in [1.54, 1.807) is 27.3 Å². The van der Waals surface area contributed by atoms with Crippen LogP contribution in [-0.2, 0) is 19.6 Å². The maximum Gasteiger partial charge on any atom is 0.263 e. The highest BCUT2D eigenvalue weighted by Crippen LogP contribution is 2.28. The van der Waals surface area contributed by atoms with Crippen LogP contribution in [0.4, 0.5) is 10.8 Å². The Morgan fingerprint density at radius 2 is 1.83 bits per heavy atom. The van der Waals surface area contributed by atoms with Crippen LogP contribution in [0.5, 0.6) is 0 Å². The first kappa shape index (κ1) is 26.5. The van der Waals surface area contributed by atoms with Gasteiger partial charge in [-0.25, -0.2) is 13.4 Å². The van der Waals surface area contributed by atoms with Gasteiger partial charge in [0.2, 0.25) is 5.91 Å². The second-order valence-electron chi connectivity index (χ2n) is 10.4. The molecule has 12 heteroatoms. The average molecular weight is 536 g/mol. The van der Waals surface area contributed by atoms with Crippen LogP contribution in [-0.4, -0.2) is 85.0 Å². The molecule has 2 fully saturated rings. The number of aliphatic hydroxyl groups is 1. The van der Waals surface area contributed by atoms with Gasteiger partial charge >= 0.3 is 0 Å². The number of aromatic nitrogens is 1. The van der Waals surface area contributed by atoms with Crippen molar-refractivity contribution in [2.75, 3.05) is 42.3 Å². The maximum absolute atomic E-state index is 13.2. The molecule has 2 aliphatic heterocycles. The molecule has 196 valence electrons. The van der Waals surface area contributed by atoms with Crippen molar-refractivity contribution in [2.24, 2.45) is 5.41 Å². The Kier molecular flexibility index (Phi) is 7.69. The smallest absolute Gasteiger partial charge is 0.263 e. The Morgan fingerprint density at radius 3 is 2.42 bits per heavy atom. The van der Waals surface area contributed by atoms with E-state index >= 15 is 0 Å². The fourth-order valence-corrected chi connectivity index (χ4v) is 6.43. The van der Waals surface area contributed by atoms with Crippen molar-refractivity contribution in [3.63, 3.8) is 0 Å². The first-order valence-electron chi connectivity index (χ1n) is 12.0. The van der Waals surface area contributed by atoms with Gasteiger partial charge in [0.15, 0.2) is 5.13 Å². The molecule has 0 bridgehead atoms. The second-order valence-corrected chi connectivity index (χ2v) is 12.9. The lowest BCUT2D eigenvalue weighted by Gasteiger charge is -2.38. The predicted molar refractivity (Wildman–Crippen MR) is 138 cm³/mol. The first-order valence-corrected chi connectivity index (χ1v) is 14.4. The Labute approximate surface area is 216 Å². The van der Waals surface area contributed by atoms with Gasteiger partial charge in [0, 0.05) is 50.0 Å². The lowest BCUT2D eigenvalue weighted by molar-refractivity contribution is -0.144. The Balaban J connectivity index is 1.33. The summed E-state index contributed by atoms with van der Waals surface area (Å²) >= 11 is 1.19. The van der Waals surface area contributed by atoms with Gasteiger partial charge in [0.25, 0.3) is 15.9 Å². The van der Waals surface area contributed by atoms with Crippen molar-refractivity contribution in [1.82, 2.24) is 14.8 Å². The summed E-state index contributed by atoms with van der Waals surface area (Å²) in [5.74, 6) is -0.276. The fourth-order valence-electron chi connectivity index (χ4n) is 4.65. The quantitative estimate of drug-likeness (QED) is 0.556. The van der Waals surface area contributed by atoms with E-state index in [1.807, 2.05) is 20.8 Å². The zero-order valence-electron chi connectivity index (χ0n) is 20.8. The number of hydrogen-bond donors (Lipinski definition) is 2. The van der Waals surface area contributed by atoms with E-state index in [4.69, 9.17) is 0 Å². The third kappa shape index (κ3) is 6.05. The topological polar surface area (TPSA) is 123 Å². The number of anilines is 2. The van der Waals surface area contributed by atoms with E-state index in [0.29, 0.717) is 56.4 Å². The number of nitrogens with one attached hydrogen (secondary N) is 1. The van der Waals surface area contributed by atoms with Gasteiger partial charge in [-0.2, -0.15) is 0 Å². The first-order chi connectivity index (χ1) is 16.9. The molecule has 2 aliphatic rings. The number of amides is 2. The highest BCUT2D eigenvalue weighted by Gasteiger charge is 2.39. The minimum absolute atomic E-state index is 0.0286. The molecule has 0 spiro atoms. The van der Waals surface area contributed by atoms with Crippen molar-refractivity contribution in [3.05, 3.63) is 35.8 Å². The van der Waals surface area contributed by atoms with E-state index in [0.717, 1.165) is 0 Å². The summed E-state index contributed by atoms with van der Waals surface area (Å²) in [6.07, 6.45) is 1.58. The zero-order valence-corrected chi connectivity index (χ0v) is 22.4. The van der Waals surface area contributed by atoms with Crippen LogP contribution in [0.25, 0.3) is 0 Å². The molecule has 2 atom stereocenters. The monoisotopic (exact) mass is 535 g/mol. The summed E-state index contributed by atoms with van der Waals surface area (Å²) in [5.41, 5.74) is 0.506. The molecule has 0 radical (unpaired) electrons. The van der Waals surface area contributed by atoms with Crippen molar-refractivity contribution in [3.8, 4) is 0 Å². The molecular formula is C24H33N5O5S2. The van der Waals surface area contributed by atoms with Gasteiger partial charge in [-0.3, -0.25) is 19.2 Å². The van der Waals surface area contributed by atoms with Crippen LogP contribution in [0.1, 0.15) is 33.6 Å². The number of carbonyl (C=O) groups excluding carboxylic acids is 2. The fraction of sp³-hybridized carbons (Fsp3) is 0.542. The molecule has 2 aromatic rings. The molecule has 1 aromatic carbocycles. The molecule has 0 aliphatic carbocycles. The predicted octanol–water partition coefficient (Wildman–Crippen LogP) is 1.99. The van der Waals surface area contributed by atoms with Gasteiger partial charge in [0.05, 0.1) is 10.9 Å². The second kappa shape index (κ2) is 10.4. The number of rotatable bonds is 7. The van der Waals surface area contributed by atoms with Crippen molar-refractivity contribution < 1.29 is 23.1 Å². The van der Waals surface area contributed by atoms with Crippen LogP contribution in [0.2, 0.25) is 0 Å². The van der Waals surface area contributed by atoms with E-state index in [1.165, 1.54) is 29.7 Å². The zero-order chi connectivity index (χ0) is 26.1. The minimum atomic E-state index is -3.76. The van der Waals surface area contributed by atoms with Crippen LogP contribution < -0.4 is 9.62 Å². The minimum Gasteiger partial charge on any atom is -0.383 e. The number of aliphatic hydroxyl groups excluding tert-OH is 1. The number of nitrogens with zero attached hydrogens (tertiary/aromatic N) is 4. The lowest BCUT2D eigenvalue weighted by atomic mass is 9.89. The molecule has 0 saturated carbocycles. The highest BCUT2D eigenvalue weighted by molar-refractivity contribution is 7.93. The number of piperazine rings is 1. The lowest BCUT2D eigenvalue weighted by Crippen LogP contribution is -2.55. The normalized spacial score (nSPS) is 20.6. The van der Waals surface area contributed by atoms with E-state index in [-0.39, 0.29) is 28.2 Å². The van der Waals surface area contributed by atoms with Gasteiger partial charge in [-0.15, -0.1) is 11.3 Å². The van der Waals surface area contributed by atoms with E-state index < -0.39 is 16.1 Å². The number of carbonyl (C=O) groups is 2. The SMILES string of the molecule is CC(C)(C)CC(O)C(=O)N1CCN([C@H]2CCN(c3ccc(S(=O)(=O)Nc4nccs4)cc3)C2=O)CC1. The van der Waals surface area contributed by atoms with Crippen LogP contribution in [0, 0.1) is 5.41 Å². The molecule has 1 unspecified atom stereocenters.